The van der Waals surface area contributed by atoms with Gasteiger partial charge in [0, 0.05) is 23.9 Å². The summed E-state index contributed by atoms with van der Waals surface area (Å²) in [7, 11) is 3.19. The zero-order valence-corrected chi connectivity index (χ0v) is 15.4. The van der Waals surface area contributed by atoms with Gasteiger partial charge in [0.25, 0.3) is 0 Å². The molecule has 142 valence electrons. The second-order valence-corrected chi connectivity index (χ2v) is 6.63. The van der Waals surface area contributed by atoms with Crippen molar-refractivity contribution in [3.05, 3.63) is 59.7 Å². The van der Waals surface area contributed by atoms with Crippen LogP contribution >= 0.6 is 0 Å². The maximum absolute atomic E-state index is 13.0. The lowest BCUT2D eigenvalue weighted by Gasteiger charge is -2.21. The lowest BCUT2D eigenvalue weighted by Crippen LogP contribution is -2.36. The lowest BCUT2D eigenvalue weighted by molar-refractivity contribution is -0.145. The van der Waals surface area contributed by atoms with Crippen LogP contribution in [0.15, 0.2) is 48.5 Å². The molecule has 1 N–H and O–H groups in total. The summed E-state index contributed by atoms with van der Waals surface area (Å²) in [5.74, 6) is 0.0229. The average Bonchev–Trinajstić information content (AvgIpc) is 3.47. The largest absolute Gasteiger partial charge is 0.497 e. The van der Waals surface area contributed by atoms with Crippen LogP contribution in [0.25, 0.3) is 0 Å². The standard InChI is InChI=1S/C21H23NO5/c1-26-15-8-9-19(27-2)17(10-15)16-11-18(16)21(25)22(13-20(23)24)12-14-6-4-3-5-7-14/h3-10,16,18H,11-13H2,1-2H3,(H,23,24). The highest BCUT2D eigenvalue weighted by Gasteiger charge is 2.47. The predicted molar refractivity (Wildman–Crippen MR) is 99.9 cm³/mol. The van der Waals surface area contributed by atoms with Crippen molar-refractivity contribution in [2.45, 2.75) is 18.9 Å². The van der Waals surface area contributed by atoms with Gasteiger partial charge in [-0.15, -0.1) is 0 Å². The molecule has 1 aliphatic rings. The highest BCUT2D eigenvalue weighted by molar-refractivity contribution is 5.86. The summed E-state index contributed by atoms with van der Waals surface area (Å²) in [6, 6.07) is 14.9. The molecule has 2 atom stereocenters. The fourth-order valence-electron chi connectivity index (χ4n) is 3.35. The van der Waals surface area contributed by atoms with E-state index >= 15 is 0 Å². The van der Waals surface area contributed by atoms with Gasteiger partial charge in [-0.1, -0.05) is 30.3 Å². The van der Waals surface area contributed by atoms with Crippen LogP contribution in [-0.4, -0.2) is 42.6 Å². The van der Waals surface area contributed by atoms with Crippen molar-refractivity contribution in [1.82, 2.24) is 4.90 Å². The van der Waals surface area contributed by atoms with Gasteiger partial charge in [-0.05, 0) is 30.2 Å². The second-order valence-electron chi connectivity index (χ2n) is 6.63. The van der Waals surface area contributed by atoms with Crippen LogP contribution in [0.3, 0.4) is 0 Å². The molecular weight excluding hydrogens is 346 g/mol. The van der Waals surface area contributed by atoms with Crippen LogP contribution in [0.2, 0.25) is 0 Å². The molecule has 0 spiro atoms. The molecule has 0 heterocycles. The second kappa shape index (κ2) is 8.12. The Morgan fingerprint density at radius 2 is 1.85 bits per heavy atom. The first-order valence-corrected chi connectivity index (χ1v) is 8.80. The average molecular weight is 369 g/mol. The van der Waals surface area contributed by atoms with Gasteiger partial charge in [0.2, 0.25) is 5.91 Å². The monoisotopic (exact) mass is 369 g/mol. The van der Waals surface area contributed by atoms with Gasteiger partial charge in [-0.3, -0.25) is 9.59 Å². The Hall–Kier alpha value is -3.02. The van der Waals surface area contributed by atoms with E-state index in [1.807, 2.05) is 48.5 Å². The number of hydrogen-bond donors (Lipinski definition) is 1. The molecule has 2 unspecified atom stereocenters. The Morgan fingerprint density at radius 3 is 2.48 bits per heavy atom. The number of ether oxygens (including phenoxy) is 2. The van der Waals surface area contributed by atoms with Crippen molar-refractivity contribution >= 4 is 11.9 Å². The normalized spacial score (nSPS) is 17.9. The number of hydrogen-bond acceptors (Lipinski definition) is 4. The number of carbonyl (C=O) groups is 2. The molecular formula is C21H23NO5. The number of nitrogens with zero attached hydrogens (tertiary/aromatic N) is 1. The van der Waals surface area contributed by atoms with Gasteiger partial charge in [-0.25, -0.2) is 0 Å². The van der Waals surface area contributed by atoms with Crippen LogP contribution in [0.4, 0.5) is 0 Å². The first kappa shape index (κ1) is 18.8. The van der Waals surface area contributed by atoms with E-state index in [2.05, 4.69) is 0 Å². The molecule has 0 saturated heterocycles. The van der Waals surface area contributed by atoms with Gasteiger partial charge in [0.05, 0.1) is 14.2 Å². The summed E-state index contributed by atoms with van der Waals surface area (Å²) >= 11 is 0. The highest BCUT2D eigenvalue weighted by atomic mass is 16.5. The molecule has 1 amide bonds. The molecule has 0 aromatic heterocycles. The molecule has 27 heavy (non-hydrogen) atoms. The first-order valence-electron chi connectivity index (χ1n) is 8.80. The summed E-state index contributed by atoms with van der Waals surface area (Å²) < 4.78 is 10.7. The van der Waals surface area contributed by atoms with E-state index in [4.69, 9.17) is 9.47 Å². The molecule has 1 aliphatic carbocycles. The zero-order valence-electron chi connectivity index (χ0n) is 15.4. The number of aliphatic carboxylic acids is 1. The van der Waals surface area contributed by atoms with Gasteiger partial charge >= 0.3 is 5.97 Å². The van der Waals surface area contributed by atoms with Crippen LogP contribution < -0.4 is 9.47 Å². The van der Waals surface area contributed by atoms with Gasteiger partial charge < -0.3 is 19.5 Å². The summed E-state index contributed by atoms with van der Waals surface area (Å²) in [5, 5.41) is 9.22. The van der Waals surface area contributed by atoms with E-state index < -0.39 is 5.97 Å². The van der Waals surface area contributed by atoms with Crippen molar-refractivity contribution in [1.29, 1.82) is 0 Å². The number of amides is 1. The SMILES string of the molecule is COc1ccc(OC)c(C2CC2C(=O)N(CC(=O)O)Cc2ccccc2)c1. The van der Waals surface area contributed by atoms with Crippen molar-refractivity contribution in [3.63, 3.8) is 0 Å². The van der Waals surface area contributed by atoms with Crippen LogP contribution in [-0.2, 0) is 16.1 Å². The van der Waals surface area contributed by atoms with Gasteiger partial charge in [0.1, 0.15) is 18.0 Å². The zero-order chi connectivity index (χ0) is 19.4. The Balaban J connectivity index is 1.77. The first-order chi connectivity index (χ1) is 13.0. The van der Waals surface area contributed by atoms with Gasteiger partial charge in [0.15, 0.2) is 0 Å². The summed E-state index contributed by atoms with van der Waals surface area (Å²) in [6.45, 7) is -0.0311. The number of carboxylic acids is 1. The van der Waals surface area contributed by atoms with Crippen LogP contribution in [0, 0.1) is 5.92 Å². The third-order valence-electron chi connectivity index (χ3n) is 4.80. The number of rotatable bonds is 8. The minimum Gasteiger partial charge on any atom is -0.497 e. The quantitative estimate of drug-likeness (QED) is 0.774. The van der Waals surface area contributed by atoms with E-state index in [0.717, 1.165) is 11.1 Å². The lowest BCUT2D eigenvalue weighted by atomic mass is 10.1. The minimum absolute atomic E-state index is 0.00891. The topological polar surface area (TPSA) is 76.1 Å². The van der Waals surface area contributed by atoms with Gasteiger partial charge in [-0.2, -0.15) is 0 Å². The van der Waals surface area contributed by atoms with Crippen LogP contribution in [0.1, 0.15) is 23.5 Å². The van der Waals surface area contributed by atoms with E-state index in [-0.39, 0.29) is 30.8 Å². The van der Waals surface area contributed by atoms with E-state index in [9.17, 15) is 14.7 Å². The highest BCUT2D eigenvalue weighted by Crippen LogP contribution is 2.52. The maximum Gasteiger partial charge on any atom is 0.323 e. The molecule has 6 heteroatoms. The summed E-state index contributed by atoms with van der Waals surface area (Å²) in [6.07, 6.45) is 0.674. The molecule has 6 nitrogen and oxygen atoms in total. The van der Waals surface area contributed by atoms with Crippen molar-refractivity contribution in [2.24, 2.45) is 5.92 Å². The molecule has 2 aromatic carbocycles. The molecule has 2 aromatic rings. The summed E-state index contributed by atoms with van der Waals surface area (Å²) in [5.41, 5.74) is 1.83. The van der Waals surface area contributed by atoms with E-state index in [1.54, 1.807) is 14.2 Å². The maximum atomic E-state index is 13.0. The Kier molecular flexibility index (Phi) is 5.64. The number of benzene rings is 2. The number of methoxy groups -OCH3 is 2. The van der Waals surface area contributed by atoms with Crippen molar-refractivity contribution in [2.75, 3.05) is 20.8 Å². The third-order valence-corrected chi connectivity index (χ3v) is 4.80. The van der Waals surface area contributed by atoms with Crippen LogP contribution in [0.5, 0.6) is 11.5 Å². The Labute approximate surface area is 158 Å². The molecule has 1 fully saturated rings. The molecule has 1 saturated carbocycles. The number of carbonyl (C=O) groups excluding carboxylic acids is 1. The molecule has 3 rings (SSSR count). The molecule has 0 bridgehead atoms. The van der Waals surface area contributed by atoms with E-state index in [1.165, 1.54) is 4.90 Å². The van der Waals surface area contributed by atoms with Crippen molar-refractivity contribution < 1.29 is 24.2 Å². The van der Waals surface area contributed by atoms with Crippen molar-refractivity contribution in [3.8, 4) is 11.5 Å². The fraction of sp³-hybridized carbons (Fsp3) is 0.333. The minimum atomic E-state index is -1.02. The third kappa shape index (κ3) is 4.39. The molecule has 0 aliphatic heterocycles. The Morgan fingerprint density at radius 1 is 1.11 bits per heavy atom. The summed E-state index contributed by atoms with van der Waals surface area (Å²) in [4.78, 5) is 25.6. The fourth-order valence-corrected chi connectivity index (χ4v) is 3.35. The molecule has 0 radical (unpaired) electrons. The predicted octanol–water partition coefficient (Wildman–Crippen LogP) is 2.92. The Bertz CT molecular complexity index is 821. The smallest absolute Gasteiger partial charge is 0.323 e. The van der Waals surface area contributed by atoms with E-state index in [0.29, 0.717) is 17.9 Å². The number of carboxylic acid groups (broad SMARTS) is 1.